The Bertz CT molecular complexity index is 1360. The smallest absolute Gasteiger partial charge is 0.213 e. The number of nitrogen functional groups attached to an aromatic ring is 1. The van der Waals surface area contributed by atoms with Crippen molar-refractivity contribution in [1.29, 1.82) is 5.26 Å². The molecule has 0 amide bonds. The fraction of sp³-hybridized carbons (Fsp3) is 0.375. The number of aromatic nitrogens is 5. The average Bonchev–Trinajstić information content (AvgIpc) is 3.20. The molecule has 9 nitrogen and oxygen atoms in total. The van der Waals surface area contributed by atoms with E-state index in [4.69, 9.17) is 15.6 Å². The molecule has 5 rings (SSSR count). The zero-order valence-electron chi connectivity index (χ0n) is 18.8. The van der Waals surface area contributed by atoms with Gasteiger partial charge in [0.15, 0.2) is 5.65 Å². The molecule has 0 saturated carbocycles. The lowest BCUT2D eigenvalue weighted by atomic mass is 9.80. The number of piperidine rings is 1. The molecular weight excluding hydrogens is 416 g/mol. The number of nitrogens with two attached hydrogens (primary N) is 1. The van der Waals surface area contributed by atoms with Gasteiger partial charge in [0.1, 0.15) is 17.8 Å². The minimum absolute atomic E-state index is 0.376. The zero-order valence-corrected chi connectivity index (χ0v) is 18.8. The number of fused-ring (bicyclic) bond motifs is 2. The van der Waals surface area contributed by atoms with Crippen molar-refractivity contribution in [2.75, 3.05) is 32.5 Å². The predicted molar refractivity (Wildman–Crippen MR) is 126 cm³/mol. The monoisotopic (exact) mass is 442 g/mol. The first-order valence-electron chi connectivity index (χ1n) is 11.1. The standard InChI is InChI=1S/C24H26N8O/c1-3-33-19-7-5-16-12-17(4-6-18(16)29-19)21-20-22(26)27-15-28-23(20)32(30-21)14-24(13-25)8-10-31(2)11-9-24/h4-7,12,15H,3,8-11,14H2,1-2H3,(H2,26,27,28). The van der Waals surface area contributed by atoms with Gasteiger partial charge in [-0.1, -0.05) is 6.07 Å². The number of pyridine rings is 1. The summed E-state index contributed by atoms with van der Waals surface area (Å²) in [6, 6.07) is 12.4. The van der Waals surface area contributed by atoms with Gasteiger partial charge in [0.2, 0.25) is 5.88 Å². The van der Waals surface area contributed by atoms with E-state index >= 15 is 0 Å². The van der Waals surface area contributed by atoms with Crippen molar-refractivity contribution in [3.63, 3.8) is 0 Å². The van der Waals surface area contributed by atoms with E-state index in [0.717, 1.165) is 42.4 Å². The van der Waals surface area contributed by atoms with Crippen LogP contribution < -0.4 is 10.5 Å². The molecule has 1 fully saturated rings. The van der Waals surface area contributed by atoms with Gasteiger partial charge in [-0.3, -0.25) is 0 Å². The van der Waals surface area contributed by atoms with E-state index < -0.39 is 5.41 Å². The fourth-order valence-corrected chi connectivity index (χ4v) is 4.46. The van der Waals surface area contributed by atoms with E-state index in [0.29, 0.717) is 41.6 Å². The van der Waals surface area contributed by atoms with E-state index in [-0.39, 0.29) is 0 Å². The first-order valence-corrected chi connectivity index (χ1v) is 11.1. The molecule has 9 heteroatoms. The highest BCUT2D eigenvalue weighted by molar-refractivity contribution is 5.99. The van der Waals surface area contributed by atoms with Crippen molar-refractivity contribution in [2.45, 2.75) is 26.3 Å². The Hall–Kier alpha value is -3.77. The van der Waals surface area contributed by atoms with Crippen molar-refractivity contribution in [3.8, 4) is 23.2 Å². The summed E-state index contributed by atoms with van der Waals surface area (Å²) in [5, 5.41) is 16.6. The van der Waals surface area contributed by atoms with Gasteiger partial charge in [0, 0.05) is 17.0 Å². The van der Waals surface area contributed by atoms with Gasteiger partial charge in [-0.05, 0) is 58.1 Å². The number of hydrogen-bond acceptors (Lipinski definition) is 8. The maximum Gasteiger partial charge on any atom is 0.213 e. The van der Waals surface area contributed by atoms with Gasteiger partial charge in [0.25, 0.3) is 0 Å². The molecule has 0 bridgehead atoms. The van der Waals surface area contributed by atoms with E-state index in [1.165, 1.54) is 6.33 Å². The molecule has 0 spiro atoms. The fourth-order valence-electron chi connectivity index (χ4n) is 4.46. The largest absolute Gasteiger partial charge is 0.478 e. The van der Waals surface area contributed by atoms with E-state index in [9.17, 15) is 5.26 Å². The number of anilines is 1. The molecule has 3 aromatic heterocycles. The number of nitriles is 1. The van der Waals surface area contributed by atoms with Gasteiger partial charge >= 0.3 is 0 Å². The Labute approximate surface area is 191 Å². The number of likely N-dealkylation sites (tertiary alicyclic amines) is 1. The second-order valence-electron chi connectivity index (χ2n) is 8.65. The van der Waals surface area contributed by atoms with Gasteiger partial charge in [-0.25, -0.2) is 19.6 Å². The molecule has 1 aliphatic heterocycles. The Kier molecular flexibility index (Phi) is 5.30. The number of benzene rings is 1. The number of ether oxygens (including phenoxy) is 1. The second kappa shape index (κ2) is 8.30. The van der Waals surface area contributed by atoms with Crippen molar-refractivity contribution < 1.29 is 4.74 Å². The Morgan fingerprint density at radius 1 is 1.18 bits per heavy atom. The molecule has 0 unspecified atom stereocenters. The van der Waals surface area contributed by atoms with Crippen LogP contribution >= 0.6 is 0 Å². The maximum absolute atomic E-state index is 10.0. The third-order valence-electron chi connectivity index (χ3n) is 6.42. The van der Waals surface area contributed by atoms with Gasteiger partial charge in [0.05, 0.1) is 35.5 Å². The van der Waals surface area contributed by atoms with Crippen LogP contribution in [0, 0.1) is 16.7 Å². The summed E-state index contributed by atoms with van der Waals surface area (Å²) in [6.45, 7) is 4.75. The van der Waals surface area contributed by atoms with Crippen LogP contribution in [0.15, 0.2) is 36.7 Å². The molecule has 33 heavy (non-hydrogen) atoms. The van der Waals surface area contributed by atoms with Crippen LogP contribution in [0.3, 0.4) is 0 Å². The van der Waals surface area contributed by atoms with Crippen molar-refractivity contribution >= 4 is 27.8 Å². The van der Waals surface area contributed by atoms with Crippen molar-refractivity contribution in [2.24, 2.45) is 5.41 Å². The summed E-state index contributed by atoms with van der Waals surface area (Å²) in [7, 11) is 2.09. The molecule has 2 N–H and O–H groups in total. The van der Waals surface area contributed by atoms with E-state index in [2.05, 4.69) is 33.0 Å². The molecule has 1 aromatic carbocycles. The molecule has 1 aliphatic rings. The van der Waals surface area contributed by atoms with Crippen LogP contribution in [0.4, 0.5) is 5.82 Å². The number of rotatable bonds is 5. The van der Waals surface area contributed by atoms with Crippen molar-refractivity contribution in [3.05, 3.63) is 36.7 Å². The van der Waals surface area contributed by atoms with Gasteiger partial charge in [-0.2, -0.15) is 10.4 Å². The third kappa shape index (κ3) is 3.83. The highest BCUT2D eigenvalue weighted by Crippen LogP contribution is 2.36. The highest BCUT2D eigenvalue weighted by Gasteiger charge is 2.35. The van der Waals surface area contributed by atoms with E-state index in [1.54, 1.807) is 0 Å². The first-order chi connectivity index (χ1) is 16.0. The zero-order chi connectivity index (χ0) is 23.0. The van der Waals surface area contributed by atoms with Gasteiger partial charge < -0.3 is 15.4 Å². The van der Waals surface area contributed by atoms with Crippen molar-refractivity contribution in [1.82, 2.24) is 29.6 Å². The molecule has 0 radical (unpaired) electrons. The third-order valence-corrected chi connectivity index (χ3v) is 6.42. The summed E-state index contributed by atoms with van der Waals surface area (Å²) >= 11 is 0. The van der Waals surface area contributed by atoms with E-state index in [1.807, 2.05) is 41.9 Å². The summed E-state index contributed by atoms with van der Waals surface area (Å²) < 4.78 is 7.35. The summed E-state index contributed by atoms with van der Waals surface area (Å²) in [4.78, 5) is 15.5. The summed E-state index contributed by atoms with van der Waals surface area (Å²) in [5.41, 5.74) is 8.90. The molecule has 0 atom stereocenters. The molecule has 4 aromatic rings. The highest BCUT2D eigenvalue weighted by atomic mass is 16.5. The van der Waals surface area contributed by atoms with Gasteiger partial charge in [-0.15, -0.1) is 0 Å². The summed E-state index contributed by atoms with van der Waals surface area (Å²) in [6.07, 6.45) is 3.04. The van der Waals surface area contributed by atoms with Crippen LogP contribution in [0.5, 0.6) is 5.88 Å². The molecule has 168 valence electrons. The Balaban J connectivity index is 1.59. The predicted octanol–water partition coefficient (Wildman–Crippen LogP) is 3.26. The maximum atomic E-state index is 10.0. The lowest BCUT2D eigenvalue weighted by Crippen LogP contribution is -2.39. The molecule has 4 heterocycles. The van der Waals surface area contributed by atoms with Crippen LogP contribution in [-0.4, -0.2) is 56.4 Å². The summed E-state index contributed by atoms with van der Waals surface area (Å²) in [5.74, 6) is 0.977. The SMILES string of the molecule is CCOc1ccc2cc(-c3nn(CC4(C#N)CCN(C)CC4)c4ncnc(N)c34)ccc2n1. The lowest BCUT2D eigenvalue weighted by Gasteiger charge is -2.35. The minimum Gasteiger partial charge on any atom is -0.478 e. The number of nitrogens with zero attached hydrogens (tertiary/aromatic N) is 7. The molecule has 0 aliphatic carbocycles. The van der Waals surface area contributed by atoms with Crippen LogP contribution in [0.1, 0.15) is 19.8 Å². The Morgan fingerprint density at radius 3 is 2.76 bits per heavy atom. The first kappa shape index (κ1) is 21.1. The molecular formula is C24H26N8O. The number of hydrogen-bond donors (Lipinski definition) is 1. The normalized spacial score (nSPS) is 16.2. The molecule has 1 saturated heterocycles. The topological polar surface area (TPSA) is 119 Å². The average molecular weight is 443 g/mol. The lowest BCUT2D eigenvalue weighted by molar-refractivity contribution is 0.150. The quantitative estimate of drug-likeness (QED) is 0.500. The minimum atomic E-state index is -0.481. The second-order valence-corrected chi connectivity index (χ2v) is 8.65. The van der Waals surface area contributed by atoms with Crippen LogP contribution in [0.25, 0.3) is 33.2 Å². The van der Waals surface area contributed by atoms with Crippen LogP contribution in [0.2, 0.25) is 0 Å². The van der Waals surface area contributed by atoms with Crippen LogP contribution in [-0.2, 0) is 6.54 Å². The Morgan fingerprint density at radius 2 is 2.00 bits per heavy atom.